The first-order valence-corrected chi connectivity index (χ1v) is 16.6. The minimum atomic E-state index is -1.24. The Morgan fingerprint density at radius 3 is 2.82 bits per heavy atom. The van der Waals surface area contributed by atoms with Crippen LogP contribution in [0.3, 0.4) is 0 Å². The highest BCUT2D eigenvalue weighted by molar-refractivity contribution is 6.76. The van der Waals surface area contributed by atoms with E-state index in [1.165, 1.54) is 12.1 Å². The van der Waals surface area contributed by atoms with Crippen LogP contribution in [0.15, 0.2) is 49.1 Å². The maximum atomic E-state index is 13.9. The number of amides is 1. The SMILES string of the molecule is C[C@H](Cn1cccn1)NC(=O)c1cn(COCC[Si](C)(C)C)c2ncc(-c3nn(C)c4cc(F)ccc34)nc12. The molecule has 5 aromatic rings. The summed E-state index contributed by atoms with van der Waals surface area (Å²) in [7, 11) is 0.513. The van der Waals surface area contributed by atoms with Crippen molar-refractivity contribution in [1.82, 2.24) is 39.4 Å². The van der Waals surface area contributed by atoms with E-state index in [1.54, 1.807) is 41.1 Å². The Labute approximate surface area is 226 Å². The zero-order chi connectivity index (χ0) is 27.7. The van der Waals surface area contributed by atoms with Gasteiger partial charge in [0, 0.05) is 51.7 Å². The average molecular weight is 549 g/mol. The fourth-order valence-electron chi connectivity index (χ4n) is 4.43. The molecule has 0 saturated heterocycles. The molecule has 1 amide bonds. The van der Waals surface area contributed by atoms with Crippen LogP contribution in [0.4, 0.5) is 4.39 Å². The Bertz CT molecular complexity index is 1620. The normalized spacial score (nSPS) is 12.9. The van der Waals surface area contributed by atoms with E-state index in [0.29, 0.717) is 46.8 Å². The molecule has 204 valence electrons. The molecule has 0 aliphatic carbocycles. The molecule has 0 radical (unpaired) electrons. The molecule has 1 N–H and O–H groups in total. The lowest BCUT2D eigenvalue weighted by molar-refractivity contribution is 0.0889. The molecule has 0 aliphatic heterocycles. The van der Waals surface area contributed by atoms with E-state index in [1.807, 2.05) is 23.8 Å². The first-order valence-electron chi connectivity index (χ1n) is 12.9. The van der Waals surface area contributed by atoms with Crippen LogP contribution in [0.1, 0.15) is 17.3 Å². The van der Waals surface area contributed by atoms with Gasteiger partial charge in [-0.1, -0.05) is 19.6 Å². The number of carbonyl (C=O) groups is 1. The third kappa shape index (κ3) is 5.91. The summed E-state index contributed by atoms with van der Waals surface area (Å²) < 4.78 is 25.0. The van der Waals surface area contributed by atoms with Crippen LogP contribution < -0.4 is 5.32 Å². The largest absolute Gasteiger partial charge is 0.361 e. The lowest BCUT2D eigenvalue weighted by Gasteiger charge is -2.15. The maximum Gasteiger partial charge on any atom is 0.255 e. The number of ether oxygens (including phenoxy) is 1. The number of halogens is 1. The van der Waals surface area contributed by atoms with E-state index in [9.17, 15) is 9.18 Å². The zero-order valence-electron chi connectivity index (χ0n) is 22.8. The van der Waals surface area contributed by atoms with Crippen molar-refractivity contribution in [3.63, 3.8) is 0 Å². The molecule has 1 atom stereocenters. The monoisotopic (exact) mass is 548 g/mol. The zero-order valence-corrected chi connectivity index (χ0v) is 23.8. The molecule has 4 heterocycles. The molecule has 0 bridgehead atoms. The summed E-state index contributed by atoms with van der Waals surface area (Å²) in [5.41, 5.74) is 3.10. The standard InChI is InChI=1S/C27H33FN8O2Si/c1-18(15-36-10-6-9-30-36)31-27(37)21-16-35(17-38-11-12-39(3,4)5)26-25(21)32-22(14-29-26)24-20-8-7-19(28)13-23(20)34(2)33-24/h6-10,13-14,16,18H,11-12,15,17H2,1-5H3,(H,31,37)/t18-/m1/s1. The summed E-state index contributed by atoms with van der Waals surface area (Å²) in [6.07, 6.45) is 6.93. The van der Waals surface area contributed by atoms with Crippen molar-refractivity contribution in [2.75, 3.05) is 6.61 Å². The van der Waals surface area contributed by atoms with Gasteiger partial charge in [-0.15, -0.1) is 0 Å². The summed E-state index contributed by atoms with van der Waals surface area (Å²) in [5.74, 6) is -0.604. The van der Waals surface area contributed by atoms with Crippen molar-refractivity contribution in [3.05, 3.63) is 60.4 Å². The second kappa shape index (κ2) is 10.7. The van der Waals surface area contributed by atoms with Gasteiger partial charge in [0.15, 0.2) is 5.65 Å². The second-order valence-electron chi connectivity index (χ2n) is 11.0. The third-order valence-corrected chi connectivity index (χ3v) is 8.19. The van der Waals surface area contributed by atoms with E-state index in [4.69, 9.17) is 9.72 Å². The van der Waals surface area contributed by atoms with Gasteiger partial charge >= 0.3 is 0 Å². The highest BCUT2D eigenvalue weighted by atomic mass is 28.3. The quantitative estimate of drug-likeness (QED) is 0.204. The van der Waals surface area contributed by atoms with Gasteiger partial charge in [0.2, 0.25) is 0 Å². The van der Waals surface area contributed by atoms with E-state index in [-0.39, 0.29) is 24.5 Å². The van der Waals surface area contributed by atoms with Crippen molar-refractivity contribution in [1.29, 1.82) is 0 Å². The molecule has 4 aromatic heterocycles. The number of benzene rings is 1. The predicted molar refractivity (Wildman–Crippen MR) is 150 cm³/mol. The van der Waals surface area contributed by atoms with Gasteiger partial charge in [0.1, 0.15) is 29.5 Å². The molecule has 0 spiro atoms. The highest BCUT2D eigenvalue weighted by Gasteiger charge is 2.22. The topological polar surface area (TPSA) is 105 Å². The van der Waals surface area contributed by atoms with Crippen LogP contribution in [-0.2, 0) is 25.1 Å². The van der Waals surface area contributed by atoms with Crippen LogP contribution in [0.5, 0.6) is 0 Å². The predicted octanol–water partition coefficient (Wildman–Crippen LogP) is 4.45. The van der Waals surface area contributed by atoms with Crippen molar-refractivity contribution in [3.8, 4) is 11.4 Å². The number of hydrogen-bond acceptors (Lipinski definition) is 6. The number of rotatable bonds is 10. The van der Waals surface area contributed by atoms with Crippen molar-refractivity contribution < 1.29 is 13.9 Å². The molecule has 0 saturated carbocycles. The van der Waals surface area contributed by atoms with Crippen molar-refractivity contribution in [2.45, 2.75) is 51.9 Å². The van der Waals surface area contributed by atoms with Gasteiger partial charge in [0.05, 0.1) is 23.8 Å². The first-order chi connectivity index (χ1) is 18.6. The summed E-state index contributed by atoms with van der Waals surface area (Å²) in [5, 5.41) is 12.6. The Morgan fingerprint density at radius 2 is 2.08 bits per heavy atom. The number of carbonyl (C=O) groups excluding carboxylic acids is 1. The van der Waals surface area contributed by atoms with E-state index in [0.717, 1.165) is 11.4 Å². The van der Waals surface area contributed by atoms with Gasteiger partial charge in [-0.05, 0) is 37.2 Å². The van der Waals surface area contributed by atoms with E-state index in [2.05, 4.69) is 40.1 Å². The summed E-state index contributed by atoms with van der Waals surface area (Å²) in [6.45, 7) is 10.3. The van der Waals surface area contributed by atoms with Gasteiger partial charge in [-0.3, -0.25) is 14.2 Å². The number of nitrogens with zero attached hydrogens (tertiary/aromatic N) is 7. The van der Waals surface area contributed by atoms with E-state index < -0.39 is 8.07 Å². The molecule has 10 nitrogen and oxygen atoms in total. The smallest absolute Gasteiger partial charge is 0.255 e. The van der Waals surface area contributed by atoms with Gasteiger partial charge in [-0.25, -0.2) is 14.4 Å². The van der Waals surface area contributed by atoms with Crippen molar-refractivity contribution in [2.24, 2.45) is 7.05 Å². The number of fused-ring (bicyclic) bond motifs is 2. The summed E-state index contributed by atoms with van der Waals surface area (Å²) in [6, 6.07) is 7.22. The Balaban J connectivity index is 1.49. The summed E-state index contributed by atoms with van der Waals surface area (Å²) in [4.78, 5) is 23.0. The molecule has 12 heteroatoms. The maximum absolute atomic E-state index is 13.9. The molecule has 0 unspecified atom stereocenters. The lowest BCUT2D eigenvalue weighted by Crippen LogP contribution is -2.35. The van der Waals surface area contributed by atoms with Crippen LogP contribution in [0, 0.1) is 5.82 Å². The van der Waals surface area contributed by atoms with Crippen molar-refractivity contribution >= 4 is 36.0 Å². The molecule has 5 rings (SSSR count). The summed E-state index contributed by atoms with van der Waals surface area (Å²) >= 11 is 0. The van der Waals surface area contributed by atoms with Gasteiger partial charge < -0.3 is 14.6 Å². The number of hydrogen-bond donors (Lipinski definition) is 1. The lowest BCUT2D eigenvalue weighted by atomic mass is 10.1. The fourth-order valence-corrected chi connectivity index (χ4v) is 5.18. The number of aromatic nitrogens is 7. The van der Waals surface area contributed by atoms with E-state index >= 15 is 0 Å². The van der Waals surface area contributed by atoms with Crippen LogP contribution in [-0.4, -0.2) is 60.7 Å². The minimum Gasteiger partial charge on any atom is -0.361 e. The average Bonchev–Trinajstić information content (AvgIpc) is 3.59. The second-order valence-corrected chi connectivity index (χ2v) is 16.6. The fraction of sp³-hybridized carbons (Fsp3) is 0.370. The molecule has 0 aliphatic rings. The Kier molecular flexibility index (Phi) is 7.32. The molecule has 0 fully saturated rings. The number of aryl methyl sites for hydroxylation is 1. The van der Waals surface area contributed by atoms with Crippen LogP contribution >= 0.6 is 0 Å². The Hall–Kier alpha value is -3.90. The van der Waals surface area contributed by atoms with Gasteiger partial charge in [-0.2, -0.15) is 10.2 Å². The minimum absolute atomic E-state index is 0.172. The number of nitrogens with one attached hydrogen (secondary N) is 1. The molecule has 1 aromatic carbocycles. The molecular formula is C27H33FN8O2Si. The molecular weight excluding hydrogens is 515 g/mol. The van der Waals surface area contributed by atoms with Gasteiger partial charge in [0.25, 0.3) is 5.91 Å². The third-order valence-electron chi connectivity index (χ3n) is 6.49. The Morgan fingerprint density at radius 1 is 1.26 bits per heavy atom. The first kappa shape index (κ1) is 26.7. The highest BCUT2D eigenvalue weighted by Crippen LogP contribution is 2.29. The van der Waals surface area contributed by atoms with Crippen LogP contribution in [0.25, 0.3) is 33.5 Å². The van der Waals surface area contributed by atoms with Crippen LogP contribution in [0.2, 0.25) is 25.7 Å². The molecule has 39 heavy (non-hydrogen) atoms.